The summed E-state index contributed by atoms with van der Waals surface area (Å²) in [6.07, 6.45) is 2.45. The van der Waals surface area contributed by atoms with Crippen molar-refractivity contribution in [3.8, 4) is 0 Å². The molecule has 3 amide bonds. The van der Waals surface area contributed by atoms with Crippen LogP contribution in [0.2, 0.25) is 0 Å². The van der Waals surface area contributed by atoms with E-state index in [4.69, 9.17) is 15.5 Å². The van der Waals surface area contributed by atoms with Crippen molar-refractivity contribution in [3.05, 3.63) is 29.3 Å². The fraction of sp³-hybridized carbons (Fsp3) is 0.444. The van der Waals surface area contributed by atoms with E-state index in [-0.39, 0.29) is 11.8 Å². The fourth-order valence-electron chi connectivity index (χ4n) is 3.30. The van der Waals surface area contributed by atoms with E-state index in [1.54, 1.807) is 11.3 Å². The second kappa shape index (κ2) is 7.82. The number of hydrogen-bond acceptors (Lipinski definition) is 6. The first-order valence-electron chi connectivity index (χ1n) is 8.62. The third-order valence-corrected chi connectivity index (χ3v) is 5.77. The molecule has 1 fully saturated rings. The van der Waals surface area contributed by atoms with Crippen LogP contribution < -0.4 is 11.1 Å². The van der Waals surface area contributed by atoms with Crippen LogP contribution in [0.3, 0.4) is 0 Å². The summed E-state index contributed by atoms with van der Waals surface area (Å²) >= 11 is 1.60. The molecule has 8 heteroatoms. The Morgan fingerprint density at radius 3 is 2.73 bits per heavy atom. The quantitative estimate of drug-likeness (QED) is 0.798. The molecular formula is C18H21N3O4S. The molecule has 7 nitrogen and oxygen atoms in total. The van der Waals surface area contributed by atoms with Crippen LogP contribution in [0.5, 0.6) is 0 Å². The van der Waals surface area contributed by atoms with Crippen LogP contribution in [0, 0.1) is 5.92 Å². The first-order valence-corrected chi connectivity index (χ1v) is 9.43. The van der Waals surface area contributed by atoms with Crippen LogP contribution in [0.25, 0.3) is 10.2 Å². The van der Waals surface area contributed by atoms with Gasteiger partial charge in [-0.3, -0.25) is 14.9 Å². The number of rotatable bonds is 4. The van der Waals surface area contributed by atoms with Crippen molar-refractivity contribution in [1.82, 2.24) is 10.3 Å². The summed E-state index contributed by atoms with van der Waals surface area (Å²) in [7, 11) is 0. The molecule has 2 aromatic rings. The van der Waals surface area contributed by atoms with Crippen molar-refractivity contribution < 1.29 is 19.1 Å². The second-order valence-electron chi connectivity index (χ2n) is 6.45. The first-order chi connectivity index (χ1) is 12.5. The van der Waals surface area contributed by atoms with Gasteiger partial charge in [-0.1, -0.05) is 25.0 Å². The van der Waals surface area contributed by atoms with Gasteiger partial charge in [-0.15, -0.1) is 11.3 Å². The summed E-state index contributed by atoms with van der Waals surface area (Å²) in [6, 6.07) is 6.92. The van der Waals surface area contributed by atoms with E-state index >= 15 is 0 Å². The molecule has 1 saturated carbocycles. The third-order valence-electron chi connectivity index (χ3n) is 4.60. The molecule has 0 spiro atoms. The summed E-state index contributed by atoms with van der Waals surface area (Å²) in [4.78, 5) is 39.9. The lowest BCUT2D eigenvalue weighted by Gasteiger charge is -2.29. The maximum Gasteiger partial charge on any atom is 0.318 e. The molecule has 1 heterocycles. The number of carbonyl (C=O) groups is 3. The van der Waals surface area contributed by atoms with E-state index in [1.807, 2.05) is 29.6 Å². The summed E-state index contributed by atoms with van der Waals surface area (Å²) in [5, 5.41) is 2.86. The molecule has 1 aromatic carbocycles. The topological polar surface area (TPSA) is 111 Å². The largest absolute Gasteiger partial charge is 0.452 e. The highest BCUT2D eigenvalue weighted by molar-refractivity contribution is 7.18. The third kappa shape index (κ3) is 4.01. The maximum atomic E-state index is 12.7. The molecule has 3 atom stereocenters. The molecule has 138 valence electrons. The Morgan fingerprint density at radius 2 is 2.00 bits per heavy atom. The van der Waals surface area contributed by atoms with E-state index in [9.17, 15) is 14.4 Å². The molecule has 3 N–H and O–H groups in total. The van der Waals surface area contributed by atoms with E-state index in [0.29, 0.717) is 6.42 Å². The highest BCUT2D eigenvalue weighted by Gasteiger charge is 2.36. The van der Waals surface area contributed by atoms with Crippen LogP contribution in [-0.2, 0) is 14.3 Å². The number of urea groups is 1. The number of ether oxygens (including phenoxy) is 1. The van der Waals surface area contributed by atoms with Gasteiger partial charge in [0.1, 0.15) is 0 Å². The minimum atomic E-state index is -1.08. The Balaban J connectivity index is 1.74. The lowest BCUT2D eigenvalue weighted by molar-refractivity contribution is -0.160. The van der Waals surface area contributed by atoms with E-state index in [1.165, 1.54) is 6.92 Å². The normalized spacial score (nSPS) is 21.1. The van der Waals surface area contributed by atoms with Gasteiger partial charge in [0, 0.05) is 5.92 Å². The number of nitrogens with zero attached hydrogens (tertiary/aromatic N) is 1. The van der Waals surface area contributed by atoms with E-state index in [2.05, 4.69) is 0 Å². The molecule has 0 unspecified atom stereocenters. The van der Waals surface area contributed by atoms with Crippen molar-refractivity contribution in [2.24, 2.45) is 11.7 Å². The number of benzene rings is 1. The monoisotopic (exact) mass is 375 g/mol. The van der Waals surface area contributed by atoms with Crippen molar-refractivity contribution >= 4 is 39.5 Å². The maximum absolute atomic E-state index is 12.7. The molecule has 1 aromatic heterocycles. The number of thiazole rings is 1. The molecule has 0 saturated heterocycles. The van der Waals surface area contributed by atoms with Gasteiger partial charge in [0.25, 0.3) is 5.91 Å². The smallest absolute Gasteiger partial charge is 0.318 e. The van der Waals surface area contributed by atoms with Crippen molar-refractivity contribution in [2.75, 3.05) is 0 Å². The SMILES string of the molecule is C[C@@H](OC(=O)[C@H]1CCCC[C@@H]1c1nc2ccccc2s1)C(=O)NC(N)=O. The predicted molar refractivity (Wildman–Crippen MR) is 97.6 cm³/mol. The lowest BCUT2D eigenvalue weighted by atomic mass is 9.79. The van der Waals surface area contributed by atoms with Crippen LogP contribution in [0.15, 0.2) is 24.3 Å². The van der Waals surface area contributed by atoms with E-state index in [0.717, 1.165) is 34.5 Å². The van der Waals surface area contributed by atoms with Gasteiger partial charge in [-0.25, -0.2) is 9.78 Å². The number of aromatic nitrogens is 1. The number of hydrogen-bond donors (Lipinski definition) is 2. The Morgan fingerprint density at radius 1 is 1.27 bits per heavy atom. The van der Waals surface area contributed by atoms with Crippen LogP contribution >= 0.6 is 11.3 Å². The first kappa shape index (κ1) is 18.3. The number of para-hydroxylation sites is 1. The highest BCUT2D eigenvalue weighted by Crippen LogP contribution is 2.41. The number of nitrogens with one attached hydrogen (secondary N) is 1. The fourth-order valence-corrected chi connectivity index (χ4v) is 4.46. The molecule has 26 heavy (non-hydrogen) atoms. The Labute approximate surface area is 154 Å². The van der Waals surface area contributed by atoms with Gasteiger partial charge in [-0.2, -0.15) is 0 Å². The average Bonchev–Trinajstić information content (AvgIpc) is 3.05. The predicted octanol–water partition coefficient (Wildman–Crippen LogP) is 2.70. The molecule has 1 aliphatic rings. The number of carbonyl (C=O) groups excluding carboxylic acids is 3. The zero-order valence-corrected chi connectivity index (χ0v) is 15.3. The van der Waals surface area contributed by atoms with Gasteiger partial charge in [0.05, 0.1) is 21.1 Å². The number of primary amides is 1. The molecule has 0 radical (unpaired) electrons. The lowest BCUT2D eigenvalue weighted by Crippen LogP contribution is -2.43. The summed E-state index contributed by atoms with van der Waals surface area (Å²) in [5.74, 6) is -1.51. The zero-order chi connectivity index (χ0) is 18.7. The van der Waals surface area contributed by atoms with Crippen molar-refractivity contribution in [2.45, 2.75) is 44.6 Å². The van der Waals surface area contributed by atoms with Crippen LogP contribution in [0.4, 0.5) is 4.79 Å². The number of esters is 1. The van der Waals surface area contributed by atoms with Gasteiger partial charge >= 0.3 is 12.0 Å². The minimum Gasteiger partial charge on any atom is -0.452 e. The van der Waals surface area contributed by atoms with Gasteiger partial charge in [-0.05, 0) is 31.9 Å². The van der Waals surface area contributed by atoms with Gasteiger partial charge in [0.15, 0.2) is 6.10 Å². The molecular weight excluding hydrogens is 354 g/mol. The average molecular weight is 375 g/mol. The van der Waals surface area contributed by atoms with Crippen molar-refractivity contribution in [3.63, 3.8) is 0 Å². The van der Waals surface area contributed by atoms with Crippen LogP contribution in [0.1, 0.15) is 43.5 Å². The van der Waals surface area contributed by atoms with Crippen molar-refractivity contribution in [1.29, 1.82) is 0 Å². The minimum absolute atomic E-state index is 0.0138. The standard InChI is InChI=1S/C18H21N3O4S/c1-10(15(22)21-18(19)24)25-17(23)12-7-3-2-6-11(12)16-20-13-8-4-5-9-14(13)26-16/h4-5,8-12H,2-3,6-7H2,1H3,(H3,19,21,22,24)/t10-,11+,12+/m1/s1. The second-order valence-corrected chi connectivity index (χ2v) is 7.51. The highest BCUT2D eigenvalue weighted by atomic mass is 32.1. The Bertz CT molecular complexity index is 802. The molecule has 1 aliphatic carbocycles. The van der Waals surface area contributed by atoms with Crippen LogP contribution in [-0.4, -0.2) is 29.0 Å². The summed E-state index contributed by atoms with van der Waals surface area (Å²) in [6.45, 7) is 1.42. The number of imide groups is 1. The zero-order valence-electron chi connectivity index (χ0n) is 14.4. The summed E-state index contributed by atoms with van der Waals surface area (Å²) in [5.41, 5.74) is 5.85. The number of amides is 3. The van der Waals surface area contributed by atoms with Gasteiger partial charge in [0.2, 0.25) is 0 Å². The van der Waals surface area contributed by atoms with E-state index < -0.39 is 24.0 Å². The molecule has 0 aliphatic heterocycles. The Kier molecular flexibility index (Phi) is 5.51. The number of fused-ring (bicyclic) bond motifs is 1. The molecule has 3 rings (SSSR count). The number of nitrogens with two attached hydrogens (primary N) is 1. The molecule has 0 bridgehead atoms. The van der Waals surface area contributed by atoms with Gasteiger partial charge < -0.3 is 10.5 Å². The summed E-state index contributed by atoms with van der Waals surface area (Å²) < 4.78 is 6.39. The Hall–Kier alpha value is -2.48.